The fraction of sp³-hybridized carbons (Fsp3) is 0. The third-order valence-electron chi connectivity index (χ3n) is 5.48. The fourth-order valence-electron chi connectivity index (χ4n) is 3.67. The minimum Gasteiger partial charge on any atom is -0.355 e. The molecule has 5 aromatic rings. The molecule has 0 aliphatic rings. The number of aromatic nitrogens is 2. The first-order valence-electron chi connectivity index (χ1n) is 11.0. The molecular formula is C28H19FN6O. The number of pyridine rings is 2. The highest BCUT2D eigenvalue weighted by molar-refractivity contribution is 6.04. The van der Waals surface area contributed by atoms with Gasteiger partial charge in [-0.1, -0.05) is 0 Å². The van der Waals surface area contributed by atoms with Crippen LogP contribution in [0.2, 0.25) is 0 Å². The number of fused-ring (bicyclic) bond motifs is 1. The zero-order valence-electron chi connectivity index (χ0n) is 18.9. The summed E-state index contributed by atoms with van der Waals surface area (Å²) >= 11 is 0. The first kappa shape index (κ1) is 22.5. The van der Waals surface area contributed by atoms with E-state index in [2.05, 4.69) is 32.0 Å². The van der Waals surface area contributed by atoms with Crippen molar-refractivity contribution in [2.24, 2.45) is 0 Å². The standard InChI is InChI=1S/C28H19FN6O/c29-24-16-22(6-8-27(24)34-21-9-12-31-13-10-21)35-28(36)19-2-4-20(5-3-19)33-26-11-14-32-25-7-1-18(17-30)15-23(25)26/h1-16H,(H,31,34)(H,32,33)(H,35,36). The van der Waals surface area contributed by atoms with Crippen LogP contribution in [-0.2, 0) is 0 Å². The van der Waals surface area contributed by atoms with Crippen molar-refractivity contribution < 1.29 is 9.18 Å². The third-order valence-corrected chi connectivity index (χ3v) is 5.48. The Bertz CT molecular complexity index is 1600. The second-order valence-electron chi connectivity index (χ2n) is 7.91. The van der Waals surface area contributed by atoms with Crippen LogP contribution in [0.15, 0.2) is 97.5 Å². The summed E-state index contributed by atoms with van der Waals surface area (Å²) < 4.78 is 14.5. The number of nitrogens with zero attached hydrogens (tertiary/aromatic N) is 3. The van der Waals surface area contributed by atoms with E-state index >= 15 is 0 Å². The van der Waals surface area contributed by atoms with Gasteiger partial charge in [0.05, 0.1) is 22.8 Å². The number of hydrogen-bond donors (Lipinski definition) is 3. The summed E-state index contributed by atoms with van der Waals surface area (Å²) in [6.45, 7) is 0. The molecule has 8 heteroatoms. The van der Waals surface area contributed by atoms with Crippen LogP contribution in [0.1, 0.15) is 15.9 Å². The lowest BCUT2D eigenvalue weighted by molar-refractivity contribution is 0.102. The fourth-order valence-corrected chi connectivity index (χ4v) is 3.67. The molecule has 0 saturated carbocycles. The van der Waals surface area contributed by atoms with E-state index in [1.807, 2.05) is 6.07 Å². The molecular weight excluding hydrogens is 455 g/mol. The van der Waals surface area contributed by atoms with Crippen LogP contribution in [0.5, 0.6) is 0 Å². The van der Waals surface area contributed by atoms with Gasteiger partial charge in [-0.3, -0.25) is 14.8 Å². The normalized spacial score (nSPS) is 10.4. The Morgan fingerprint density at radius 3 is 2.25 bits per heavy atom. The van der Waals surface area contributed by atoms with Gasteiger partial charge in [0, 0.05) is 52.3 Å². The highest BCUT2D eigenvalue weighted by Crippen LogP contribution is 2.27. The number of amides is 1. The molecule has 3 N–H and O–H groups in total. The maximum Gasteiger partial charge on any atom is 0.255 e. The summed E-state index contributed by atoms with van der Waals surface area (Å²) in [4.78, 5) is 21.0. The first-order valence-corrected chi connectivity index (χ1v) is 11.0. The van der Waals surface area contributed by atoms with Crippen LogP contribution >= 0.6 is 0 Å². The number of carbonyl (C=O) groups is 1. The van der Waals surface area contributed by atoms with Crippen molar-refractivity contribution in [2.45, 2.75) is 0 Å². The zero-order chi connectivity index (χ0) is 24.9. The van der Waals surface area contributed by atoms with E-state index in [1.54, 1.807) is 85.3 Å². The SMILES string of the molecule is N#Cc1ccc2nccc(Nc3ccc(C(=O)Nc4ccc(Nc5ccncc5)c(F)c4)cc3)c2c1. The second-order valence-corrected chi connectivity index (χ2v) is 7.91. The topological polar surface area (TPSA) is 103 Å². The molecule has 2 aromatic heterocycles. The second kappa shape index (κ2) is 9.91. The molecule has 3 aromatic carbocycles. The van der Waals surface area contributed by atoms with Gasteiger partial charge in [0.1, 0.15) is 5.82 Å². The van der Waals surface area contributed by atoms with E-state index in [9.17, 15) is 14.4 Å². The number of hydrogen-bond acceptors (Lipinski definition) is 6. The lowest BCUT2D eigenvalue weighted by Gasteiger charge is -2.11. The van der Waals surface area contributed by atoms with Crippen LogP contribution in [-0.4, -0.2) is 15.9 Å². The number of halogens is 1. The van der Waals surface area contributed by atoms with Gasteiger partial charge < -0.3 is 16.0 Å². The molecule has 0 aliphatic heterocycles. The van der Waals surface area contributed by atoms with E-state index in [1.165, 1.54) is 6.07 Å². The number of carbonyl (C=O) groups excluding carboxylic acids is 1. The van der Waals surface area contributed by atoms with Crippen molar-refractivity contribution in [3.05, 3.63) is 114 Å². The highest BCUT2D eigenvalue weighted by Gasteiger charge is 2.10. The molecule has 1 amide bonds. The molecule has 7 nitrogen and oxygen atoms in total. The Kier molecular flexibility index (Phi) is 6.19. The van der Waals surface area contributed by atoms with Crippen molar-refractivity contribution in [3.8, 4) is 6.07 Å². The van der Waals surface area contributed by atoms with Crippen LogP contribution in [0.4, 0.5) is 32.8 Å². The average molecular weight is 474 g/mol. The van der Waals surface area contributed by atoms with Gasteiger partial charge in [-0.05, 0) is 78.9 Å². The van der Waals surface area contributed by atoms with Gasteiger partial charge in [0.25, 0.3) is 5.91 Å². The summed E-state index contributed by atoms with van der Waals surface area (Å²) in [5.74, 6) is -0.850. The lowest BCUT2D eigenvalue weighted by Crippen LogP contribution is -2.12. The van der Waals surface area contributed by atoms with E-state index in [0.29, 0.717) is 28.2 Å². The Morgan fingerprint density at radius 2 is 1.50 bits per heavy atom. The number of nitriles is 1. The van der Waals surface area contributed by atoms with Crippen molar-refractivity contribution in [1.29, 1.82) is 5.26 Å². The molecule has 0 fully saturated rings. The van der Waals surface area contributed by atoms with E-state index in [4.69, 9.17) is 0 Å². The number of benzene rings is 3. The third kappa shape index (κ3) is 4.95. The van der Waals surface area contributed by atoms with Crippen molar-refractivity contribution in [2.75, 3.05) is 16.0 Å². The van der Waals surface area contributed by atoms with Gasteiger partial charge in [-0.15, -0.1) is 0 Å². The zero-order valence-corrected chi connectivity index (χ0v) is 18.9. The molecule has 0 spiro atoms. The van der Waals surface area contributed by atoms with Crippen LogP contribution in [0, 0.1) is 17.1 Å². The van der Waals surface area contributed by atoms with E-state index < -0.39 is 5.82 Å². The Morgan fingerprint density at radius 1 is 0.778 bits per heavy atom. The van der Waals surface area contributed by atoms with Crippen molar-refractivity contribution in [3.63, 3.8) is 0 Å². The molecule has 174 valence electrons. The van der Waals surface area contributed by atoms with Gasteiger partial charge in [-0.25, -0.2) is 4.39 Å². The largest absolute Gasteiger partial charge is 0.355 e. The van der Waals surface area contributed by atoms with Crippen molar-refractivity contribution >= 4 is 45.2 Å². The summed E-state index contributed by atoms with van der Waals surface area (Å²) in [7, 11) is 0. The Labute approximate surface area is 206 Å². The molecule has 0 atom stereocenters. The molecule has 0 bridgehead atoms. The van der Waals surface area contributed by atoms with Crippen LogP contribution < -0.4 is 16.0 Å². The number of rotatable bonds is 6. The summed E-state index contributed by atoms with van der Waals surface area (Å²) in [5.41, 5.74) is 4.64. The van der Waals surface area contributed by atoms with Gasteiger partial charge in [-0.2, -0.15) is 5.26 Å². The van der Waals surface area contributed by atoms with Crippen LogP contribution in [0.25, 0.3) is 10.9 Å². The maximum atomic E-state index is 14.5. The van der Waals surface area contributed by atoms with Gasteiger partial charge in [0.2, 0.25) is 0 Å². The van der Waals surface area contributed by atoms with Crippen molar-refractivity contribution in [1.82, 2.24) is 9.97 Å². The lowest BCUT2D eigenvalue weighted by atomic mass is 10.1. The molecule has 0 radical (unpaired) electrons. The quantitative estimate of drug-likeness (QED) is 0.264. The monoisotopic (exact) mass is 474 g/mol. The van der Waals surface area contributed by atoms with Crippen LogP contribution in [0.3, 0.4) is 0 Å². The summed E-state index contributed by atoms with van der Waals surface area (Å²) in [6, 6.07) is 24.1. The average Bonchev–Trinajstić information content (AvgIpc) is 2.91. The minimum atomic E-state index is -0.492. The molecule has 0 aliphatic carbocycles. The van der Waals surface area contributed by atoms with E-state index in [-0.39, 0.29) is 5.91 Å². The van der Waals surface area contributed by atoms with Gasteiger partial charge in [0.15, 0.2) is 0 Å². The first-order chi connectivity index (χ1) is 17.6. The summed E-state index contributed by atoms with van der Waals surface area (Å²) in [6.07, 6.45) is 4.91. The number of nitrogens with one attached hydrogen (secondary N) is 3. The Balaban J connectivity index is 1.27. The van der Waals surface area contributed by atoms with Gasteiger partial charge >= 0.3 is 0 Å². The smallest absolute Gasteiger partial charge is 0.255 e. The molecule has 36 heavy (non-hydrogen) atoms. The molecule has 2 heterocycles. The minimum absolute atomic E-state index is 0.292. The molecule has 0 saturated heterocycles. The summed E-state index contributed by atoms with van der Waals surface area (Å²) in [5, 5.41) is 19.0. The van der Waals surface area contributed by atoms with E-state index in [0.717, 1.165) is 22.3 Å². The predicted octanol–water partition coefficient (Wildman–Crippen LogP) is 6.38. The predicted molar refractivity (Wildman–Crippen MR) is 138 cm³/mol. The number of anilines is 5. The maximum absolute atomic E-state index is 14.5. The highest BCUT2D eigenvalue weighted by atomic mass is 19.1. The molecule has 0 unspecified atom stereocenters. The Hall–Kier alpha value is -5.29. The molecule has 5 rings (SSSR count).